The Hall–Kier alpha value is -1.13. The van der Waals surface area contributed by atoms with Gasteiger partial charge in [0.25, 0.3) is 0 Å². The monoisotopic (exact) mass is 295 g/mol. The lowest BCUT2D eigenvalue weighted by Crippen LogP contribution is -2.51. The van der Waals surface area contributed by atoms with Gasteiger partial charge in [0.2, 0.25) is 0 Å². The first-order valence-corrected chi connectivity index (χ1v) is 7.86. The second-order valence-electron chi connectivity index (χ2n) is 6.00. The van der Waals surface area contributed by atoms with Crippen molar-refractivity contribution in [3.63, 3.8) is 0 Å². The summed E-state index contributed by atoms with van der Waals surface area (Å²) in [5, 5.41) is 13.2. The minimum atomic E-state index is -0.313. The third-order valence-electron chi connectivity index (χ3n) is 4.58. The summed E-state index contributed by atoms with van der Waals surface area (Å²) >= 11 is 0. The van der Waals surface area contributed by atoms with E-state index in [4.69, 9.17) is 4.74 Å². The molecule has 0 aliphatic heterocycles. The van der Waals surface area contributed by atoms with Crippen LogP contribution in [0.15, 0.2) is 18.2 Å². The van der Waals surface area contributed by atoms with Gasteiger partial charge in [0.15, 0.2) is 11.6 Å². The molecule has 1 aromatic rings. The normalized spacial score (nSPS) is 25.2. The highest BCUT2D eigenvalue weighted by Crippen LogP contribution is 2.37. The van der Waals surface area contributed by atoms with Crippen molar-refractivity contribution in [1.82, 2.24) is 5.32 Å². The van der Waals surface area contributed by atoms with E-state index in [2.05, 4.69) is 12.2 Å². The van der Waals surface area contributed by atoms with Crippen molar-refractivity contribution >= 4 is 0 Å². The number of aliphatic hydroxyl groups is 1. The average molecular weight is 295 g/mol. The molecular formula is C17H26FNO2. The van der Waals surface area contributed by atoms with Crippen LogP contribution in [0.2, 0.25) is 0 Å². The lowest BCUT2D eigenvalue weighted by atomic mass is 9.85. The van der Waals surface area contributed by atoms with Crippen LogP contribution in [0, 0.1) is 18.7 Å². The number of aryl methyl sites for hydroxylation is 1. The maximum atomic E-state index is 13.6. The lowest BCUT2D eigenvalue weighted by Gasteiger charge is -2.34. The second kappa shape index (κ2) is 7.23. The van der Waals surface area contributed by atoms with E-state index in [1.807, 2.05) is 6.92 Å². The molecule has 2 unspecified atom stereocenters. The SMILES string of the molecule is CCNC1(CO)CCCC1CCOc1cc(C)ccc1F. The van der Waals surface area contributed by atoms with E-state index in [1.54, 1.807) is 12.1 Å². The van der Waals surface area contributed by atoms with Crippen molar-refractivity contribution in [2.75, 3.05) is 19.8 Å². The summed E-state index contributed by atoms with van der Waals surface area (Å²) in [6.45, 7) is 5.48. The highest BCUT2D eigenvalue weighted by atomic mass is 19.1. The molecule has 118 valence electrons. The van der Waals surface area contributed by atoms with Crippen molar-refractivity contribution in [3.8, 4) is 5.75 Å². The summed E-state index contributed by atoms with van der Waals surface area (Å²) in [5.41, 5.74) is 0.813. The molecule has 1 aliphatic rings. The minimum absolute atomic E-state index is 0.157. The van der Waals surface area contributed by atoms with Crippen LogP contribution in [0.1, 0.15) is 38.2 Å². The predicted molar refractivity (Wildman–Crippen MR) is 82.1 cm³/mol. The van der Waals surface area contributed by atoms with Gasteiger partial charge in [-0.05, 0) is 56.3 Å². The summed E-state index contributed by atoms with van der Waals surface area (Å²) in [4.78, 5) is 0. The molecule has 4 heteroatoms. The average Bonchev–Trinajstić information content (AvgIpc) is 2.86. The fourth-order valence-electron chi connectivity index (χ4n) is 3.45. The third kappa shape index (κ3) is 3.74. The van der Waals surface area contributed by atoms with Gasteiger partial charge in [-0.1, -0.05) is 19.4 Å². The molecule has 0 spiro atoms. The van der Waals surface area contributed by atoms with Gasteiger partial charge < -0.3 is 15.2 Å². The van der Waals surface area contributed by atoms with Crippen molar-refractivity contribution < 1.29 is 14.2 Å². The topological polar surface area (TPSA) is 41.5 Å². The Morgan fingerprint density at radius 2 is 2.29 bits per heavy atom. The molecule has 0 amide bonds. The minimum Gasteiger partial charge on any atom is -0.490 e. The molecule has 2 N–H and O–H groups in total. The largest absolute Gasteiger partial charge is 0.490 e. The Balaban J connectivity index is 1.91. The highest BCUT2D eigenvalue weighted by molar-refractivity contribution is 5.29. The molecule has 2 atom stereocenters. The van der Waals surface area contributed by atoms with Gasteiger partial charge in [-0.3, -0.25) is 0 Å². The van der Waals surface area contributed by atoms with Gasteiger partial charge >= 0.3 is 0 Å². The van der Waals surface area contributed by atoms with Crippen LogP contribution in [0.25, 0.3) is 0 Å². The zero-order valence-electron chi connectivity index (χ0n) is 13.0. The zero-order chi connectivity index (χ0) is 15.3. The highest BCUT2D eigenvalue weighted by Gasteiger charge is 2.41. The number of rotatable bonds is 7. The molecule has 0 bridgehead atoms. The van der Waals surface area contributed by atoms with Gasteiger partial charge in [-0.25, -0.2) is 4.39 Å². The Morgan fingerprint density at radius 3 is 3.00 bits per heavy atom. The fourth-order valence-corrected chi connectivity index (χ4v) is 3.45. The summed E-state index contributed by atoms with van der Waals surface area (Å²) in [7, 11) is 0. The number of ether oxygens (including phenoxy) is 1. The first kappa shape index (κ1) is 16.2. The summed E-state index contributed by atoms with van der Waals surface area (Å²) in [6.07, 6.45) is 4.05. The number of nitrogens with one attached hydrogen (secondary N) is 1. The Kier molecular flexibility index (Phi) is 5.59. The van der Waals surface area contributed by atoms with Crippen molar-refractivity contribution in [1.29, 1.82) is 0 Å². The Bertz CT molecular complexity index is 466. The van der Waals surface area contributed by atoms with Gasteiger partial charge in [0, 0.05) is 5.54 Å². The number of hydrogen-bond donors (Lipinski definition) is 2. The Morgan fingerprint density at radius 1 is 1.48 bits per heavy atom. The third-order valence-corrected chi connectivity index (χ3v) is 4.58. The van der Waals surface area contributed by atoms with Gasteiger partial charge in [0.1, 0.15) is 0 Å². The van der Waals surface area contributed by atoms with E-state index >= 15 is 0 Å². The molecule has 1 saturated carbocycles. The number of likely N-dealkylation sites (N-methyl/N-ethyl adjacent to an activating group) is 1. The van der Waals surface area contributed by atoms with Crippen LogP contribution in [0.4, 0.5) is 4.39 Å². The Labute approximate surface area is 126 Å². The molecule has 0 saturated heterocycles. The molecule has 1 aromatic carbocycles. The van der Waals surface area contributed by atoms with E-state index < -0.39 is 0 Å². The van der Waals surface area contributed by atoms with Crippen LogP contribution in [-0.4, -0.2) is 30.4 Å². The van der Waals surface area contributed by atoms with Gasteiger partial charge in [-0.15, -0.1) is 0 Å². The van der Waals surface area contributed by atoms with Crippen LogP contribution in [-0.2, 0) is 0 Å². The predicted octanol–water partition coefficient (Wildman–Crippen LogP) is 3.04. The van der Waals surface area contributed by atoms with E-state index in [0.717, 1.165) is 37.8 Å². The number of hydrogen-bond acceptors (Lipinski definition) is 3. The lowest BCUT2D eigenvalue weighted by molar-refractivity contribution is 0.111. The first-order chi connectivity index (χ1) is 10.1. The van der Waals surface area contributed by atoms with Gasteiger partial charge in [-0.2, -0.15) is 0 Å². The van der Waals surface area contributed by atoms with E-state index in [-0.39, 0.29) is 18.0 Å². The molecule has 3 nitrogen and oxygen atoms in total. The summed E-state index contributed by atoms with van der Waals surface area (Å²) < 4.78 is 19.2. The quantitative estimate of drug-likeness (QED) is 0.812. The maximum absolute atomic E-state index is 13.6. The molecular weight excluding hydrogens is 269 g/mol. The van der Waals surface area contributed by atoms with Crippen LogP contribution in [0.3, 0.4) is 0 Å². The second-order valence-corrected chi connectivity index (χ2v) is 6.00. The van der Waals surface area contributed by atoms with E-state index in [1.165, 1.54) is 6.07 Å². The smallest absolute Gasteiger partial charge is 0.165 e. The molecule has 2 rings (SSSR count). The van der Waals surface area contributed by atoms with Crippen molar-refractivity contribution in [2.45, 2.75) is 45.1 Å². The number of benzene rings is 1. The van der Waals surface area contributed by atoms with E-state index in [0.29, 0.717) is 18.3 Å². The van der Waals surface area contributed by atoms with Crippen LogP contribution >= 0.6 is 0 Å². The van der Waals surface area contributed by atoms with Gasteiger partial charge in [0.05, 0.1) is 13.2 Å². The standard InChI is InChI=1S/C17H26FNO2/c1-3-19-17(12-20)9-4-5-14(17)8-10-21-16-11-13(2)6-7-15(16)18/h6-7,11,14,19-20H,3-5,8-10,12H2,1-2H3. The number of halogens is 1. The van der Waals surface area contributed by atoms with Crippen molar-refractivity contribution in [3.05, 3.63) is 29.6 Å². The molecule has 0 radical (unpaired) electrons. The molecule has 0 aromatic heterocycles. The summed E-state index contributed by atoms with van der Waals surface area (Å²) in [5.74, 6) is 0.397. The van der Waals surface area contributed by atoms with E-state index in [9.17, 15) is 9.50 Å². The zero-order valence-corrected chi connectivity index (χ0v) is 13.0. The first-order valence-electron chi connectivity index (χ1n) is 7.86. The van der Waals surface area contributed by atoms with Crippen LogP contribution < -0.4 is 10.1 Å². The maximum Gasteiger partial charge on any atom is 0.165 e. The molecule has 1 fully saturated rings. The summed E-state index contributed by atoms with van der Waals surface area (Å²) in [6, 6.07) is 4.91. The molecule has 0 heterocycles. The number of aliphatic hydroxyl groups excluding tert-OH is 1. The van der Waals surface area contributed by atoms with Crippen LogP contribution in [0.5, 0.6) is 5.75 Å². The molecule has 1 aliphatic carbocycles. The fraction of sp³-hybridized carbons (Fsp3) is 0.647. The van der Waals surface area contributed by atoms with Crippen molar-refractivity contribution in [2.24, 2.45) is 5.92 Å². The molecule has 21 heavy (non-hydrogen) atoms.